The number of hydrogen-bond acceptors (Lipinski definition) is 5. The highest BCUT2D eigenvalue weighted by Gasteiger charge is 2.19. The number of nitrogens with zero attached hydrogens (tertiary/aromatic N) is 1. The van der Waals surface area contributed by atoms with E-state index in [2.05, 4.69) is 5.32 Å². The molecule has 3 aromatic rings. The summed E-state index contributed by atoms with van der Waals surface area (Å²) >= 11 is 0. The van der Waals surface area contributed by atoms with Gasteiger partial charge in [0.05, 0.1) is 13.7 Å². The summed E-state index contributed by atoms with van der Waals surface area (Å²) in [6.45, 7) is 4.77. The van der Waals surface area contributed by atoms with Crippen LogP contribution in [0.1, 0.15) is 25.7 Å². The molecule has 0 bridgehead atoms. The second-order valence-electron chi connectivity index (χ2n) is 6.78. The highest BCUT2D eigenvalue weighted by molar-refractivity contribution is 5.77. The molecule has 7 nitrogen and oxygen atoms in total. The van der Waals surface area contributed by atoms with Crippen molar-refractivity contribution in [1.82, 2.24) is 10.3 Å². The van der Waals surface area contributed by atoms with Crippen molar-refractivity contribution in [2.75, 3.05) is 20.3 Å². The van der Waals surface area contributed by atoms with E-state index in [9.17, 15) is 4.79 Å². The zero-order chi connectivity index (χ0) is 20.8. The minimum Gasteiger partial charge on any atom is -0.497 e. The van der Waals surface area contributed by atoms with Crippen LogP contribution in [0.25, 0.3) is 22.6 Å². The smallest absolute Gasteiger partial charge is 0.312 e. The molecule has 0 aliphatic carbocycles. The Kier molecular flexibility index (Phi) is 6.39. The number of rotatable bonds is 8. The van der Waals surface area contributed by atoms with E-state index >= 15 is 0 Å². The van der Waals surface area contributed by atoms with Gasteiger partial charge in [0.15, 0.2) is 11.7 Å². The Morgan fingerprint density at radius 3 is 2.28 bits per heavy atom. The van der Waals surface area contributed by atoms with Crippen LogP contribution in [0.4, 0.5) is 4.79 Å². The van der Waals surface area contributed by atoms with E-state index in [1.165, 1.54) is 0 Å². The van der Waals surface area contributed by atoms with Crippen molar-refractivity contribution < 1.29 is 18.7 Å². The number of carbonyl (C=O) groups is 1. The third kappa shape index (κ3) is 5.07. The Morgan fingerprint density at radius 2 is 1.69 bits per heavy atom. The standard InChI is InChI=1S/C22H25N3O4/c1-14(2)21-25-19(15-4-8-17(27-3)9-5-15)20(29-21)16-6-10-18(11-7-16)28-13-12-24-22(23)26/h4-11,14H,12-13H2,1-3H3,(H3,23,24,26). The number of benzene rings is 2. The molecule has 1 heterocycles. The van der Waals surface area contributed by atoms with Crippen LogP contribution < -0.4 is 20.5 Å². The van der Waals surface area contributed by atoms with E-state index in [0.29, 0.717) is 30.6 Å². The number of oxazole rings is 1. The highest BCUT2D eigenvalue weighted by Crippen LogP contribution is 2.35. The van der Waals surface area contributed by atoms with Gasteiger partial charge in [-0.1, -0.05) is 13.8 Å². The predicted octanol–water partition coefficient (Wildman–Crippen LogP) is 4.19. The zero-order valence-electron chi connectivity index (χ0n) is 16.8. The van der Waals surface area contributed by atoms with Gasteiger partial charge in [-0.3, -0.25) is 0 Å². The Hall–Kier alpha value is -3.48. The van der Waals surface area contributed by atoms with Crippen molar-refractivity contribution in [3.05, 3.63) is 54.4 Å². The number of urea groups is 1. The Balaban J connectivity index is 1.84. The van der Waals surface area contributed by atoms with E-state index < -0.39 is 6.03 Å². The first-order valence-corrected chi connectivity index (χ1v) is 9.39. The van der Waals surface area contributed by atoms with Crippen LogP contribution in [-0.2, 0) is 0 Å². The van der Waals surface area contributed by atoms with Crippen molar-refractivity contribution in [1.29, 1.82) is 0 Å². The molecule has 29 heavy (non-hydrogen) atoms. The van der Waals surface area contributed by atoms with Gasteiger partial charge >= 0.3 is 6.03 Å². The number of methoxy groups -OCH3 is 1. The van der Waals surface area contributed by atoms with Crippen molar-refractivity contribution in [3.63, 3.8) is 0 Å². The number of nitrogens with one attached hydrogen (secondary N) is 1. The third-order valence-electron chi connectivity index (χ3n) is 4.29. The molecular formula is C22H25N3O4. The summed E-state index contributed by atoms with van der Waals surface area (Å²) in [5.74, 6) is 3.04. The molecule has 3 N–H and O–H groups in total. The number of aromatic nitrogens is 1. The largest absolute Gasteiger partial charge is 0.497 e. The quantitative estimate of drug-likeness (QED) is 0.557. The summed E-state index contributed by atoms with van der Waals surface area (Å²) in [6, 6.07) is 14.7. The van der Waals surface area contributed by atoms with Crippen LogP contribution in [0.2, 0.25) is 0 Å². The molecular weight excluding hydrogens is 370 g/mol. The molecule has 0 atom stereocenters. The van der Waals surface area contributed by atoms with E-state index in [-0.39, 0.29) is 5.92 Å². The molecule has 2 amide bonds. The summed E-state index contributed by atoms with van der Waals surface area (Å²) in [5, 5.41) is 2.48. The average molecular weight is 395 g/mol. The minimum absolute atomic E-state index is 0.168. The zero-order valence-corrected chi connectivity index (χ0v) is 16.8. The maximum absolute atomic E-state index is 10.7. The summed E-state index contributed by atoms with van der Waals surface area (Å²) in [7, 11) is 1.64. The van der Waals surface area contributed by atoms with E-state index in [1.54, 1.807) is 7.11 Å². The fraction of sp³-hybridized carbons (Fsp3) is 0.273. The lowest BCUT2D eigenvalue weighted by Crippen LogP contribution is -2.32. The minimum atomic E-state index is -0.568. The Bertz CT molecular complexity index is 947. The number of hydrogen-bond donors (Lipinski definition) is 2. The molecule has 0 fully saturated rings. The maximum Gasteiger partial charge on any atom is 0.312 e. The van der Waals surface area contributed by atoms with E-state index in [4.69, 9.17) is 24.6 Å². The van der Waals surface area contributed by atoms with Gasteiger partial charge in [0.25, 0.3) is 0 Å². The van der Waals surface area contributed by atoms with Gasteiger partial charge in [-0.25, -0.2) is 9.78 Å². The Morgan fingerprint density at radius 1 is 1.07 bits per heavy atom. The van der Waals surface area contributed by atoms with Gasteiger partial charge in [0.2, 0.25) is 0 Å². The number of amides is 2. The maximum atomic E-state index is 10.7. The summed E-state index contributed by atoms with van der Waals surface area (Å²) < 4.78 is 16.9. The second kappa shape index (κ2) is 9.14. The average Bonchev–Trinajstić information content (AvgIpc) is 3.17. The van der Waals surface area contributed by atoms with Gasteiger partial charge in [-0.15, -0.1) is 0 Å². The molecule has 0 unspecified atom stereocenters. The fourth-order valence-electron chi connectivity index (χ4n) is 2.77. The molecule has 0 saturated heterocycles. The lowest BCUT2D eigenvalue weighted by atomic mass is 10.1. The second-order valence-corrected chi connectivity index (χ2v) is 6.78. The molecule has 0 spiro atoms. The molecule has 1 aromatic heterocycles. The molecule has 2 aromatic carbocycles. The first kappa shape index (κ1) is 20.3. The molecule has 3 rings (SSSR count). The summed E-state index contributed by atoms with van der Waals surface area (Å²) in [6.07, 6.45) is 0. The van der Waals surface area contributed by atoms with Crippen molar-refractivity contribution in [2.45, 2.75) is 19.8 Å². The lowest BCUT2D eigenvalue weighted by Gasteiger charge is -2.07. The van der Waals surface area contributed by atoms with Crippen LogP contribution in [0, 0.1) is 0 Å². The number of carbonyl (C=O) groups excluding carboxylic acids is 1. The van der Waals surface area contributed by atoms with Gasteiger partial charge < -0.3 is 24.9 Å². The van der Waals surface area contributed by atoms with Gasteiger partial charge in [-0.2, -0.15) is 0 Å². The highest BCUT2D eigenvalue weighted by atomic mass is 16.5. The SMILES string of the molecule is COc1ccc(-c2nc(C(C)C)oc2-c2ccc(OCCNC(N)=O)cc2)cc1. The molecule has 152 valence electrons. The first-order valence-electron chi connectivity index (χ1n) is 9.39. The topological polar surface area (TPSA) is 99.6 Å². The van der Waals surface area contributed by atoms with E-state index in [1.807, 2.05) is 62.4 Å². The van der Waals surface area contributed by atoms with Crippen LogP contribution in [-0.4, -0.2) is 31.3 Å². The lowest BCUT2D eigenvalue weighted by molar-refractivity contribution is 0.244. The summed E-state index contributed by atoms with van der Waals surface area (Å²) in [5.41, 5.74) is 7.67. The van der Waals surface area contributed by atoms with Gasteiger partial charge in [0.1, 0.15) is 23.8 Å². The summed E-state index contributed by atoms with van der Waals surface area (Å²) in [4.78, 5) is 15.4. The first-order chi connectivity index (χ1) is 14.0. The monoisotopic (exact) mass is 395 g/mol. The van der Waals surface area contributed by atoms with Crippen LogP contribution in [0.15, 0.2) is 52.9 Å². The number of primary amides is 1. The molecule has 7 heteroatoms. The fourth-order valence-corrected chi connectivity index (χ4v) is 2.77. The Labute approximate surface area is 169 Å². The molecule has 0 aliphatic heterocycles. The van der Waals surface area contributed by atoms with Gasteiger partial charge in [-0.05, 0) is 48.5 Å². The molecule has 0 saturated carbocycles. The number of nitrogens with two attached hydrogens (primary N) is 1. The van der Waals surface area contributed by atoms with Crippen LogP contribution in [0.3, 0.4) is 0 Å². The van der Waals surface area contributed by atoms with E-state index in [0.717, 1.165) is 22.6 Å². The van der Waals surface area contributed by atoms with Crippen LogP contribution in [0.5, 0.6) is 11.5 Å². The third-order valence-corrected chi connectivity index (χ3v) is 4.29. The van der Waals surface area contributed by atoms with Crippen molar-refractivity contribution in [2.24, 2.45) is 5.73 Å². The predicted molar refractivity (Wildman–Crippen MR) is 111 cm³/mol. The number of ether oxygens (including phenoxy) is 2. The van der Waals surface area contributed by atoms with Crippen LogP contribution >= 0.6 is 0 Å². The molecule has 0 aliphatic rings. The molecule has 0 radical (unpaired) electrons. The normalized spacial score (nSPS) is 10.8. The van der Waals surface area contributed by atoms with Crippen molar-refractivity contribution in [3.8, 4) is 34.1 Å². The van der Waals surface area contributed by atoms with Gasteiger partial charge in [0, 0.05) is 17.0 Å². The van der Waals surface area contributed by atoms with Crippen molar-refractivity contribution >= 4 is 6.03 Å².